The van der Waals surface area contributed by atoms with Crippen LogP contribution in [0.2, 0.25) is 0 Å². The van der Waals surface area contributed by atoms with Crippen molar-refractivity contribution in [3.8, 4) is 0 Å². The van der Waals surface area contributed by atoms with Crippen LogP contribution in [-0.4, -0.2) is 34.2 Å². The summed E-state index contributed by atoms with van der Waals surface area (Å²) in [6.07, 6.45) is 7.79. The molecule has 0 spiro atoms. The third-order valence-electron chi connectivity index (χ3n) is 4.68. The van der Waals surface area contributed by atoms with Gasteiger partial charge in [-0.2, -0.15) is 0 Å². The van der Waals surface area contributed by atoms with E-state index in [4.69, 9.17) is 0 Å². The topological polar surface area (TPSA) is 71.0 Å². The third-order valence-corrected chi connectivity index (χ3v) is 5.83. The molecule has 1 amide bonds. The predicted octanol–water partition coefficient (Wildman–Crippen LogP) is 2.34. The number of hydrogen-bond donors (Lipinski definition) is 1. The number of carbonyl (C=O) groups excluding carboxylic acids is 1. The molecule has 0 atom stereocenters. The van der Waals surface area contributed by atoms with Gasteiger partial charge in [0, 0.05) is 43.9 Å². The molecule has 2 aliphatic rings. The van der Waals surface area contributed by atoms with Gasteiger partial charge in [0.15, 0.2) is 0 Å². The van der Waals surface area contributed by atoms with Crippen molar-refractivity contribution in [2.75, 3.05) is 18.0 Å². The van der Waals surface area contributed by atoms with E-state index >= 15 is 0 Å². The summed E-state index contributed by atoms with van der Waals surface area (Å²) in [6.45, 7) is 2.31. The van der Waals surface area contributed by atoms with Gasteiger partial charge in [-0.15, -0.1) is 10.2 Å². The molecular formula is C17H21N5OS. The standard InChI is InChI=1S/C17H21N5OS/c23-15(19-11-12-2-1-7-18-10-12)13-5-8-22(9-6-13)17-21-20-16(24-17)14-3-4-14/h1-2,7,10,13-14H,3-6,8-9,11H2,(H,19,23). The Morgan fingerprint density at radius 3 is 2.79 bits per heavy atom. The van der Waals surface area contributed by atoms with E-state index in [0.29, 0.717) is 12.5 Å². The Labute approximate surface area is 145 Å². The van der Waals surface area contributed by atoms with Gasteiger partial charge in [-0.25, -0.2) is 0 Å². The number of piperidine rings is 1. The molecule has 6 nitrogen and oxygen atoms in total. The van der Waals surface area contributed by atoms with Crippen molar-refractivity contribution < 1.29 is 4.79 Å². The van der Waals surface area contributed by atoms with Crippen LogP contribution < -0.4 is 10.2 Å². The number of anilines is 1. The Hall–Kier alpha value is -2.02. The summed E-state index contributed by atoms with van der Waals surface area (Å²) in [4.78, 5) is 18.7. The van der Waals surface area contributed by atoms with E-state index in [-0.39, 0.29) is 11.8 Å². The Kier molecular flexibility index (Phi) is 4.42. The van der Waals surface area contributed by atoms with Crippen LogP contribution in [0.15, 0.2) is 24.5 Å². The number of hydrogen-bond acceptors (Lipinski definition) is 6. The summed E-state index contributed by atoms with van der Waals surface area (Å²) >= 11 is 1.72. The molecule has 1 aliphatic heterocycles. The molecule has 0 bridgehead atoms. The highest BCUT2D eigenvalue weighted by molar-refractivity contribution is 7.15. The Balaban J connectivity index is 1.26. The average molecular weight is 343 g/mol. The van der Waals surface area contributed by atoms with Gasteiger partial charge in [0.2, 0.25) is 11.0 Å². The van der Waals surface area contributed by atoms with Crippen LogP contribution in [0.25, 0.3) is 0 Å². The van der Waals surface area contributed by atoms with Crippen LogP contribution in [0.4, 0.5) is 5.13 Å². The van der Waals surface area contributed by atoms with Gasteiger partial charge >= 0.3 is 0 Å². The Bertz CT molecular complexity index is 692. The summed E-state index contributed by atoms with van der Waals surface area (Å²) in [5.41, 5.74) is 1.03. The maximum atomic E-state index is 12.3. The molecule has 2 fully saturated rings. The fraction of sp³-hybridized carbons (Fsp3) is 0.529. The quantitative estimate of drug-likeness (QED) is 0.902. The van der Waals surface area contributed by atoms with E-state index in [1.807, 2.05) is 12.1 Å². The van der Waals surface area contributed by atoms with E-state index in [1.165, 1.54) is 17.8 Å². The van der Waals surface area contributed by atoms with Crippen LogP contribution in [0, 0.1) is 5.92 Å². The fourth-order valence-electron chi connectivity index (χ4n) is 3.02. The van der Waals surface area contributed by atoms with Gasteiger partial charge in [0.1, 0.15) is 5.01 Å². The van der Waals surface area contributed by atoms with Crippen molar-refractivity contribution >= 4 is 22.4 Å². The van der Waals surface area contributed by atoms with Crippen LogP contribution in [0.5, 0.6) is 0 Å². The van der Waals surface area contributed by atoms with Crippen molar-refractivity contribution in [1.29, 1.82) is 0 Å². The van der Waals surface area contributed by atoms with Crippen molar-refractivity contribution in [2.24, 2.45) is 5.92 Å². The summed E-state index contributed by atoms with van der Waals surface area (Å²) < 4.78 is 0. The minimum Gasteiger partial charge on any atom is -0.352 e. The largest absolute Gasteiger partial charge is 0.352 e. The summed E-state index contributed by atoms with van der Waals surface area (Å²) in [7, 11) is 0. The SMILES string of the molecule is O=C(NCc1cccnc1)C1CCN(c2nnc(C3CC3)s2)CC1. The van der Waals surface area contributed by atoms with Crippen LogP contribution in [0.3, 0.4) is 0 Å². The van der Waals surface area contributed by atoms with Crippen LogP contribution in [-0.2, 0) is 11.3 Å². The normalized spacial score (nSPS) is 18.6. The first-order valence-corrected chi connectivity index (χ1v) is 9.36. The smallest absolute Gasteiger partial charge is 0.223 e. The monoisotopic (exact) mass is 343 g/mol. The van der Waals surface area contributed by atoms with E-state index in [2.05, 4.69) is 25.4 Å². The Morgan fingerprint density at radius 1 is 1.25 bits per heavy atom. The highest BCUT2D eigenvalue weighted by Gasteiger charge is 2.30. The second kappa shape index (κ2) is 6.84. The lowest BCUT2D eigenvalue weighted by Crippen LogP contribution is -2.40. The number of carbonyl (C=O) groups is 1. The molecule has 7 heteroatoms. The van der Waals surface area contributed by atoms with Crippen LogP contribution >= 0.6 is 11.3 Å². The lowest BCUT2D eigenvalue weighted by Gasteiger charge is -2.30. The molecule has 0 aromatic carbocycles. The minimum absolute atomic E-state index is 0.0914. The molecule has 4 rings (SSSR count). The maximum Gasteiger partial charge on any atom is 0.223 e. The highest BCUT2D eigenvalue weighted by atomic mass is 32.1. The molecule has 2 aromatic rings. The number of nitrogens with one attached hydrogen (secondary N) is 1. The number of amides is 1. The Morgan fingerprint density at radius 2 is 2.08 bits per heavy atom. The first-order chi connectivity index (χ1) is 11.8. The molecule has 2 aromatic heterocycles. The van der Waals surface area contributed by atoms with E-state index < -0.39 is 0 Å². The summed E-state index contributed by atoms with van der Waals surface area (Å²) in [6, 6.07) is 3.86. The molecule has 1 saturated carbocycles. The van der Waals surface area contributed by atoms with E-state index in [9.17, 15) is 4.79 Å². The van der Waals surface area contributed by atoms with E-state index in [1.54, 1.807) is 23.7 Å². The molecule has 1 aliphatic carbocycles. The number of rotatable bonds is 5. The molecule has 3 heterocycles. The zero-order valence-electron chi connectivity index (χ0n) is 13.5. The first kappa shape index (κ1) is 15.5. The molecule has 126 valence electrons. The maximum absolute atomic E-state index is 12.3. The van der Waals surface area contributed by atoms with Crippen molar-refractivity contribution in [1.82, 2.24) is 20.5 Å². The molecule has 1 saturated heterocycles. The van der Waals surface area contributed by atoms with Gasteiger partial charge in [-0.1, -0.05) is 17.4 Å². The van der Waals surface area contributed by atoms with E-state index in [0.717, 1.165) is 36.6 Å². The average Bonchev–Trinajstić information content (AvgIpc) is 3.38. The number of nitrogens with zero attached hydrogens (tertiary/aromatic N) is 4. The van der Waals surface area contributed by atoms with Gasteiger partial charge in [-0.05, 0) is 37.3 Å². The predicted molar refractivity (Wildman–Crippen MR) is 92.9 cm³/mol. The lowest BCUT2D eigenvalue weighted by atomic mass is 9.96. The minimum atomic E-state index is 0.0914. The van der Waals surface area contributed by atoms with Gasteiger partial charge < -0.3 is 10.2 Å². The highest BCUT2D eigenvalue weighted by Crippen LogP contribution is 2.42. The van der Waals surface area contributed by atoms with Crippen LogP contribution in [0.1, 0.15) is 42.2 Å². The lowest BCUT2D eigenvalue weighted by molar-refractivity contribution is -0.125. The summed E-state index contributed by atoms with van der Waals surface area (Å²) in [5.74, 6) is 0.898. The van der Waals surface area contributed by atoms with Gasteiger partial charge in [0.25, 0.3) is 0 Å². The van der Waals surface area contributed by atoms with Gasteiger partial charge in [-0.3, -0.25) is 9.78 Å². The molecule has 0 unspecified atom stereocenters. The molecule has 24 heavy (non-hydrogen) atoms. The van der Waals surface area contributed by atoms with Crippen molar-refractivity contribution in [2.45, 2.75) is 38.1 Å². The summed E-state index contributed by atoms with van der Waals surface area (Å²) in [5, 5.41) is 13.9. The zero-order chi connectivity index (χ0) is 16.4. The fourth-order valence-corrected chi connectivity index (χ4v) is 4.08. The van der Waals surface area contributed by atoms with Gasteiger partial charge in [0.05, 0.1) is 0 Å². The number of aromatic nitrogens is 3. The third kappa shape index (κ3) is 3.56. The molecular weight excluding hydrogens is 322 g/mol. The molecule has 0 radical (unpaired) electrons. The zero-order valence-corrected chi connectivity index (χ0v) is 14.3. The number of pyridine rings is 1. The second-order valence-corrected chi connectivity index (χ2v) is 7.53. The first-order valence-electron chi connectivity index (χ1n) is 8.54. The second-order valence-electron chi connectivity index (χ2n) is 6.54. The van der Waals surface area contributed by atoms with Crippen molar-refractivity contribution in [3.05, 3.63) is 35.1 Å². The molecule has 1 N–H and O–H groups in total. The van der Waals surface area contributed by atoms with Crippen molar-refractivity contribution in [3.63, 3.8) is 0 Å².